The van der Waals surface area contributed by atoms with E-state index in [0.29, 0.717) is 19.4 Å². The second-order valence-corrected chi connectivity index (χ2v) is 7.32. The van der Waals surface area contributed by atoms with Crippen molar-refractivity contribution in [3.8, 4) is 0 Å². The Balaban J connectivity index is 1.78. The maximum atomic E-state index is 13.2. The molecule has 2 rings (SSSR count). The van der Waals surface area contributed by atoms with Gasteiger partial charge in [0.15, 0.2) is 0 Å². The number of carbonyl (C=O) groups is 2. The minimum atomic E-state index is -0.343. The summed E-state index contributed by atoms with van der Waals surface area (Å²) in [4.78, 5) is 23.7. The molecule has 0 radical (unpaired) electrons. The molecule has 0 N–H and O–H groups in total. The van der Waals surface area contributed by atoms with Crippen LogP contribution in [0.1, 0.15) is 42.9 Å². The van der Waals surface area contributed by atoms with Gasteiger partial charge in [0.25, 0.3) is 0 Å². The van der Waals surface area contributed by atoms with Crippen LogP contribution in [0.2, 0.25) is 0 Å². The number of hydrogen-bond donors (Lipinski definition) is 0. The van der Waals surface area contributed by atoms with Crippen LogP contribution in [-0.2, 0) is 33.6 Å². The quantitative estimate of drug-likeness (QED) is 0.531. The number of hydrogen-bond acceptors (Lipinski definition) is 3. The number of ketones is 2. The van der Waals surface area contributed by atoms with Gasteiger partial charge in [-0.2, -0.15) is 0 Å². The summed E-state index contributed by atoms with van der Waals surface area (Å²) >= 11 is 0. The van der Waals surface area contributed by atoms with Gasteiger partial charge in [-0.25, -0.2) is 4.39 Å². The van der Waals surface area contributed by atoms with E-state index < -0.39 is 0 Å². The second kappa shape index (κ2) is 11.5. The molecule has 0 amide bonds. The predicted octanol–water partition coefficient (Wildman–Crippen LogP) is 4.74. The predicted molar refractivity (Wildman–Crippen MR) is 109 cm³/mol. The number of ether oxygens (including phenoxy) is 1. The first-order chi connectivity index (χ1) is 13.5. The molecule has 0 heterocycles. The lowest BCUT2D eigenvalue weighted by Gasteiger charge is -2.13. The van der Waals surface area contributed by atoms with Crippen LogP contribution in [0, 0.1) is 11.7 Å². The summed E-state index contributed by atoms with van der Waals surface area (Å²) in [6.45, 7) is 1.80. The number of methoxy groups -OCH3 is 1. The van der Waals surface area contributed by atoms with Gasteiger partial charge >= 0.3 is 0 Å². The maximum absolute atomic E-state index is 13.2. The maximum Gasteiger partial charge on any atom is 0.139 e. The van der Waals surface area contributed by atoms with Crippen molar-refractivity contribution in [2.24, 2.45) is 5.92 Å². The molecule has 0 aliphatic rings. The molecule has 0 aliphatic heterocycles. The summed E-state index contributed by atoms with van der Waals surface area (Å²) in [7, 11) is 1.55. The van der Waals surface area contributed by atoms with Gasteiger partial charge in [0, 0.05) is 25.9 Å². The third-order valence-corrected chi connectivity index (χ3v) is 4.86. The molecule has 150 valence electrons. The summed E-state index contributed by atoms with van der Waals surface area (Å²) in [5.41, 5.74) is 3.37. The summed E-state index contributed by atoms with van der Waals surface area (Å²) < 4.78 is 18.3. The van der Waals surface area contributed by atoms with Crippen LogP contribution in [0.25, 0.3) is 0 Å². The van der Waals surface area contributed by atoms with E-state index >= 15 is 0 Å². The van der Waals surface area contributed by atoms with E-state index in [-0.39, 0.29) is 29.7 Å². The zero-order chi connectivity index (χ0) is 20.4. The highest BCUT2D eigenvalue weighted by Gasteiger charge is 2.19. The van der Waals surface area contributed by atoms with Gasteiger partial charge in [-0.15, -0.1) is 0 Å². The van der Waals surface area contributed by atoms with Crippen LogP contribution < -0.4 is 0 Å². The fourth-order valence-electron chi connectivity index (χ4n) is 3.35. The zero-order valence-corrected chi connectivity index (χ0v) is 16.7. The Kier molecular flexibility index (Phi) is 9.02. The largest absolute Gasteiger partial charge is 0.384 e. The standard InChI is InChI=1S/C24H29FO3/c1-18(26)15-22(17-28-2)24(27)14-13-20-11-9-19(10-12-20)5-3-6-21-7-4-8-23(25)16-21/h4,7-12,16,22H,3,5-6,13-15,17H2,1-2H3/t22-/m1/s1. The normalized spacial score (nSPS) is 12.0. The van der Waals surface area contributed by atoms with Gasteiger partial charge in [-0.3, -0.25) is 4.79 Å². The van der Waals surface area contributed by atoms with Crippen LogP contribution in [0.4, 0.5) is 4.39 Å². The molecule has 1 atom stereocenters. The molecule has 0 saturated carbocycles. The molecule has 0 saturated heterocycles. The number of Topliss-reactive ketones (excluding diaryl/α,β-unsaturated/α-hetero) is 2. The minimum Gasteiger partial charge on any atom is -0.384 e. The molecule has 0 spiro atoms. The van der Waals surface area contributed by atoms with Crippen LogP contribution in [0.5, 0.6) is 0 Å². The van der Waals surface area contributed by atoms with Crippen molar-refractivity contribution in [3.05, 3.63) is 71.0 Å². The van der Waals surface area contributed by atoms with Gasteiger partial charge in [-0.1, -0.05) is 36.4 Å². The van der Waals surface area contributed by atoms with E-state index in [0.717, 1.165) is 30.4 Å². The van der Waals surface area contributed by atoms with Crippen molar-refractivity contribution in [2.45, 2.75) is 45.4 Å². The average molecular weight is 384 g/mol. The SMILES string of the molecule is COC[C@@H](CC(C)=O)C(=O)CCc1ccc(CCCc2cccc(F)c2)cc1. The molecule has 0 fully saturated rings. The van der Waals surface area contributed by atoms with Crippen molar-refractivity contribution in [1.82, 2.24) is 0 Å². The first-order valence-electron chi connectivity index (χ1n) is 9.81. The van der Waals surface area contributed by atoms with Crippen LogP contribution in [-0.4, -0.2) is 25.3 Å². The molecule has 0 unspecified atom stereocenters. The molecule has 3 nitrogen and oxygen atoms in total. The summed E-state index contributed by atoms with van der Waals surface area (Å²) in [5, 5.41) is 0. The number of aryl methyl sites for hydroxylation is 3. The summed E-state index contributed by atoms with van der Waals surface area (Å²) in [5.74, 6) is -0.439. The number of halogens is 1. The molecule has 0 aliphatic carbocycles. The van der Waals surface area contributed by atoms with E-state index in [1.807, 2.05) is 6.07 Å². The highest BCUT2D eigenvalue weighted by Crippen LogP contribution is 2.14. The van der Waals surface area contributed by atoms with E-state index in [1.54, 1.807) is 19.2 Å². The molecule has 2 aromatic rings. The van der Waals surface area contributed by atoms with E-state index in [9.17, 15) is 14.0 Å². The van der Waals surface area contributed by atoms with Crippen LogP contribution >= 0.6 is 0 Å². The minimum absolute atomic E-state index is 0.0120. The Hall–Kier alpha value is -2.33. The number of benzene rings is 2. The Morgan fingerprint density at radius 1 is 0.964 bits per heavy atom. The van der Waals surface area contributed by atoms with Crippen LogP contribution in [0.3, 0.4) is 0 Å². The lowest BCUT2D eigenvalue weighted by Crippen LogP contribution is -2.22. The van der Waals surface area contributed by atoms with Crippen molar-refractivity contribution in [1.29, 1.82) is 0 Å². The van der Waals surface area contributed by atoms with E-state index in [4.69, 9.17) is 4.74 Å². The second-order valence-electron chi connectivity index (χ2n) is 7.32. The van der Waals surface area contributed by atoms with Crippen LogP contribution in [0.15, 0.2) is 48.5 Å². The smallest absolute Gasteiger partial charge is 0.139 e. The lowest BCUT2D eigenvalue weighted by molar-refractivity contribution is -0.128. The number of carbonyl (C=O) groups excluding carboxylic acids is 2. The van der Waals surface area contributed by atoms with Gasteiger partial charge in [0.05, 0.1) is 6.61 Å². The Morgan fingerprint density at radius 2 is 1.61 bits per heavy atom. The molecular weight excluding hydrogens is 355 g/mol. The van der Waals surface area contributed by atoms with Crippen molar-refractivity contribution in [2.75, 3.05) is 13.7 Å². The van der Waals surface area contributed by atoms with Crippen molar-refractivity contribution >= 4 is 11.6 Å². The molecule has 0 bridgehead atoms. The van der Waals surface area contributed by atoms with Crippen molar-refractivity contribution in [3.63, 3.8) is 0 Å². The molecule has 28 heavy (non-hydrogen) atoms. The summed E-state index contributed by atoms with van der Waals surface area (Å²) in [6.07, 6.45) is 4.08. The Morgan fingerprint density at radius 3 is 2.21 bits per heavy atom. The fourth-order valence-corrected chi connectivity index (χ4v) is 3.35. The Bertz CT molecular complexity index is 768. The highest BCUT2D eigenvalue weighted by atomic mass is 19.1. The fraction of sp³-hybridized carbons (Fsp3) is 0.417. The number of rotatable bonds is 12. The highest BCUT2D eigenvalue weighted by molar-refractivity contribution is 5.87. The third-order valence-electron chi connectivity index (χ3n) is 4.86. The summed E-state index contributed by atoms with van der Waals surface area (Å²) in [6, 6.07) is 15.0. The molecule has 2 aromatic carbocycles. The zero-order valence-electron chi connectivity index (χ0n) is 16.7. The third kappa shape index (κ3) is 7.73. The van der Waals surface area contributed by atoms with E-state index in [2.05, 4.69) is 24.3 Å². The average Bonchev–Trinajstić information content (AvgIpc) is 2.66. The lowest BCUT2D eigenvalue weighted by atomic mass is 9.94. The molecule has 4 heteroatoms. The molecule has 0 aromatic heterocycles. The van der Waals surface area contributed by atoms with Gasteiger partial charge in [0.1, 0.15) is 17.4 Å². The van der Waals surface area contributed by atoms with Gasteiger partial charge in [-0.05, 0) is 61.4 Å². The molecular formula is C24H29FO3. The van der Waals surface area contributed by atoms with Gasteiger partial charge in [0.2, 0.25) is 0 Å². The topological polar surface area (TPSA) is 43.4 Å². The van der Waals surface area contributed by atoms with E-state index in [1.165, 1.54) is 18.6 Å². The monoisotopic (exact) mass is 384 g/mol. The van der Waals surface area contributed by atoms with Crippen molar-refractivity contribution < 1.29 is 18.7 Å². The first kappa shape index (κ1) is 22.0. The first-order valence-corrected chi connectivity index (χ1v) is 9.81. The Labute approximate surface area is 166 Å². The van der Waals surface area contributed by atoms with Gasteiger partial charge < -0.3 is 9.53 Å².